The number of phosphoric ester groups is 3. The number of nitrogen functional groups attached to an aromatic ring is 1. The molecule has 1 aliphatic rings. The molecule has 2 unspecified atom stereocenters. The summed E-state index contributed by atoms with van der Waals surface area (Å²) in [5.74, 6) is -1.21. The normalized spacial score (nSPS) is 18.9. The van der Waals surface area contributed by atoms with E-state index in [1.165, 1.54) is 104 Å². The molecule has 1 aliphatic heterocycles. The van der Waals surface area contributed by atoms with Crippen molar-refractivity contribution >= 4 is 69.1 Å². The minimum atomic E-state index is -5.93. The van der Waals surface area contributed by atoms with Crippen LogP contribution in [0.5, 0.6) is 0 Å². The molecule has 0 aromatic carbocycles. The van der Waals surface area contributed by atoms with Gasteiger partial charge in [0.15, 0.2) is 17.7 Å². The quantitative estimate of drug-likeness (QED) is 0.0181. The Morgan fingerprint density at radius 2 is 1.26 bits per heavy atom. The number of aromatic nitrogens is 4. The number of allylic oxidation sites excluding steroid dienone is 11. The number of rotatable bonds is 47. The number of unbranched alkanes of at least 4 members (excludes halogenated alkanes) is 16. The van der Waals surface area contributed by atoms with Gasteiger partial charge in [-0.1, -0.05) is 183 Å². The first kappa shape index (κ1) is 75.3. The van der Waals surface area contributed by atoms with E-state index in [-0.39, 0.29) is 41.6 Å². The largest absolute Gasteiger partial charge is 0.790 e. The zero-order valence-corrected chi connectivity index (χ0v) is 52.9. The van der Waals surface area contributed by atoms with Crippen LogP contribution < -0.4 is 35.9 Å². The molecule has 24 nitrogen and oxygen atoms in total. The predicted octanol–water partition coefficient (Wildman–Crippen LogP) is 8.08. The zero-order chi connectivity index (χ0) is 62.4. The number of carbonyl (C=O) groups excluding carboxylic acids is 3. The summed E-state index contributed by atoms with van der Waals surface area (Å²) in [5, 5.41) is 26.4. The summed E-state index contributed by atoms with van der Waals surface area (Å²) >= 11 is 1.06. The smallest absolute Gasteiger partial charge is 0.274 e. The third kappa shape index (κ3) is 33.2. The Morgan fingerprint density at radius 3 is 1.81 bits per heavy atom. The number of thioether (sulfide) groups is 1. The number of amides is 2. The van der Waals surface area contributed by atoms with Crippen LogP contribution in [0.3, 0.4) is 0 Å². The van der Waals surface area contributed by atoms with E-state index in [0.717, 1.165) is 80.4 Å². The fourth-order valence-electron chi connectivity index (χ4n) is 8.68. The van der Waals surface area contributed by atoms with Crippen LogP contribution in [0.15, 0.2) is 85.6 Å². The van der Waals surface area contributed by atoms with Crippen molar-refractivity contribution in [3.8, 4) is 0 Å². The van der Waals surface area contributed by atoms with Crippen molar-refractivity contribution < 1.29 is 80.5 Å². The lowest BCUT2D eigenvalue weighted by atomic mass is 9.87. The Bertz CT molecular complexity index is 2610. The lowest BCUT2D eigenvalue weighted by Gasteiger charge is -2.36. The second-order valence-electron chi connectivity index (χ2n) is 21.1. The number of fused-ring (bicyclic) bond motifs is 1. The van der Waals surface area contributed by atoms with E-state index < -0.39 is 84.6 Å². The number of anilines is 1. The summed E-state index contributed by atoms with van der Waals surface area (Å²) < 4.78 is 61.0. The van der Waals surface area contributed by atoms with Crippen molar-refractivity contribution in [3.63, 3.8) is 0 Å². The van der Waals surface area contributed by atoms with Crippen molar-refractivity contribution in [2.45, 2.75) is 199 Å². The third-order valence-corrected chi connectivity index (χ3v) is 17.2. The first-order valence-corrected chi connectivity index (χ1v) is 34.8. The number of nitrogens with two attached hydrogens (primary N) is 1. The molecule has 3 heterocycles. The van der Waals surface area contributed by atoms with Crippen molar-refractivity contribution in [2.75, 3.05) is 37.8 Å². The van der Waals surface area contributed by atoms with Crippen LogP contribution in [0.2, 0.25) is 0 Å². The van der Waals surface area contributed by atoms with Gasteiger partial charge in [0.2, 0.25) is 16.9 Å². The number of nitrogens with one attached hydrogen (secondary N) is 2. The first-order chi connectivity index (χ1) is 40.6. The Hall–Kier alpha value is -4.00. The first-order valence-electron chi connectivity index (χ1n) is 29.5. The van der Waals surface area contributed by atoms with Gasteiger partial charge >= 0.3 is 0 Å². The molecule has 1 saturated heterocycles. The molecule has 0 radical (unpaired) electrons. The third-order valence-electron chi connectivity index (χ3n) is 13.4. The number of nitrogens with zero attached hydrogens (tertiary/aromatic N) is 4. The molecule has 28 heteroatoms. The van der Waals surface area contributed by atoms with Crippen LogP contribution >= 0.6 is 35.2 Å². The van der Waals surface area contributed by atoms with Gasteiger partial charge in [-0.2, -0.15) is 0 Å². The van der Waals surface area contributed by atoms with Gasteiger partial charge in [0.1, 0.15) is 36.3 Å². The molecule has 0 spiro atoms. The molecule has 2 aromatic heterocycles. The monoisotopic (exact) mass is 1270 g/mol. The summed E-state index contributed by atoms with van der Waals surface area (Å²) in [6.45, 7) is 2.27. The molecule has 3 rings (SSSR count). The van der Waals surface area contributed by atoms with Crippen LogP contribution in [-0.4, -0.2) is 103 Å². The van der Waals surface area contributed by atoms with Gasteiger partial charge in [0, 0.05) is 30.7 Å². The van der Waals surface area contributed by atoms with E-state index in [1.54, 1.807) is 6.08 Å². The van der Waals surface area contributed by atoms with E-state index in [0.29, 0.717) is 5.75 Å². The van der Waals surface area contributed by atoms with Crippen LogP contribution in [0, 0.1) is 5.41 Å². The highest BCUT2D eigenvalue weighted by molar-refractivity contribution is 8.14. The summed E-state index contributed by atoms with van der Waals surface area (Å²) in [7, 11) is -17.6. The van der Waals surface area contributed by atoms with Crippen LogP contribution in [0.1, 0.15) is 175 Å². The minimum Gasteiger partial charge on any atom is -0.790 e. The summed E-state index contributed by atoms with van der Waals surface area (Å²) in [6, 6.07) is 0. The average molecular weight is 1270 g/mol. The van der Waals surface area contributed by atoms with Gasteiger partial charge in [-0.15, -0.1) is 0 Å². The minimum absolute atomic E-state index is 0.0200. The number of ether oxygens (including phenoxy) is 1. The Kier molecular flexibility index (Phi) is 37.2. The number of imidazole rings is 1. The number of aliphatic hydroxyl groups is 2. The molecule has 0 bridgehead atoms. The van der Waals surface area contributed by atoms with E-state index in [1.807, 2.05) is 6.08 Å². The molecule has 0 aliphatic carbocycles. The summed E-state index contributed by atoms with van der Waals surface area (Å²) in [4.78, 5) is 97.2. The Morgan fingerprint density at radius 1 is 0.741 bits per heavy atom. The van der Waals surface area contributed by atoms with Gasteiger partial charge in [0.05, 0.1) is 27.4 Å². The summed E-state index contributed by atoms with van der Waals surface area (Å²) in [5.41, 5.74) is 4.09. The molecule has 480 valence electrons. The number of aliphatic hydroxyl groups excluding tert-OH is 2. The topological polar surface area (TPSA) is 375 Å². The van der Waals surface area contributed by atoms with E-state index in [2.05, 4.69) is 111 Å². The maximum Gasteiger partial charge on any atom is 0.274 e. The highest BCUT2D eigenvalue weighted by Crippen LogP contribution is 2.56. The number of hydrogen-bond acceptors (Lipinski definition) is 22. The van der Waals surface area contributed by atoms with E-state index in [9.17, 15) is 57.9 Å². The lowest BCUT2D eigenvalue weighted by Crippen LogP contribution is -2.46. The maximum atomic E-state index is 12.7. The van der Waals surface area contributed by atoms with Crippen molar-refractivity contribution in [2.24, 2.45) is 5.41 Å². The van der Waals surface area contributed by atoms with Gasteiger partial charge in [0.25, 0.3) is 15.6 Å². The molecule has 6 N–H and O–H groups in total. The van der Waals surface area contributed by atoms with Crippen LogP contribution in [-0.2, 0) is 50.7 Å². The van der Waals surface area contributed by atoms with Crippen molar-refractivity contribution in [3.05, 3.63) is 85.6 Å². The second kappa shape index (κ2) is 42.0. The standard InChI is InChI=1S/C57H94N7O17P3S/c1-4-5-6-7-8-9-10-11-12-13-14-15-16-17-18-19-20-21-22-23-24-25-26-27-28-29-30-31-32-33-34-35-36-37-48(66)85-41-40-59-47(65)38-39-60-55(69)52(68)57(2,3)43-78-84(75,76)81-83(73,74)77-42-46-51(80-82(70,71)72)50(67)56(79-46)64-45-63-49-53(58)61-44-62-54(49)64/h5-6,8-9,11-12,14-15,17-18,36-37,44-46,50-52,56,67-68H,4,7,10,13,16,19-35,38-43H2,1-3H3,(H,59,65)(H,60,69)(H,73,74)(H,75,76)(H2,58,61,62)(H2,70,71,72)/p-4/b6-5-,9-8-,12-11-,15-14-,18-17-,37-36+/t46-,50-,51-,52+,56-/m1/s1. The van der Waals surface area contributed by atoms with E-state index >= 15 is 0 Å². The number of hydrogen-bond donors (Lipinski definition) is 5. The molecule has 0 saturated carbocycles. The van der Waals surface area contributed by atoms with Gasteiger partial charge in [-0.25, -0.2) is 19.3 Å². The lowest BCUT2D eigenvalue weighted by molar-refractivity contribution is -0.347. The van der Waals surface area contributed by atoms with Crippen molar-refractivity contribution in [1.82, 2.24) is 30.2 Å². The SMILES string of the molecule is CC/C=C\C/C=C\C/C=C\C/C=C\C/C=C\CCCCCCCCCCCCCCCCC/C=C/C(=O)SCCNC(=O)CCNC(=O)[C@H](O)C(C)(C)COP(=O)([O-])OP(=O)([O-])OC[C@H]1O[C@@H](n2cnc3c(N)ncnc32)[C@H](O)[C@@H]1OP(=O)([O-])[O-]. The van der Waals surface area contributed by atoms with Crippen LogP contribution in [0.25, 0.3) is 11.2 Å². The number of phosphoric acid groups is 3. The van der Waals surface area contributed by atoms with Crippen LogP contribution in [0.4, 0.5) is 5.82 Å². The van der Waals surface area contributed by atoms with Gasteiger partial charge in [-0.3, -0.25) is 28.1 Å². The average Bonchev–Trinajstić information content (AvgIpc) is 2.05. The molecule has 85 heavy (non-hydrogen) atoms. The van der Waals surface area contributed by atoms with Crippen molar-refractivity contribution in [1.29, 1.82) is 0 Å². The van der Waals surface area contributed by atoms with Gasteiger partial charge < -0.3 is 69.0 Å². The Balaban J connectivity index is 1.14. The predicted molar refractivity (Wildman–Crippen MR) is 320 cm³/mol. The molecule has 7 atom stereocenters. The molecule has 2 aromatic rings. The zero-order valence-electron chi connectivity index (χ0n) is 49.4. The fraction of sp³-hybridized carbons (Fsp3) is 0.649. The number of carbonyl (C=O) groups is 3. The molecule has 2 amide bonds. The summed E-state index contributed by atoms with van der Waals surface area (Å²) in [6.07, 6.45) is 44.5. The van der Waals surface area contributed by atoms with Gasteiger partial charge in [-0.05, 0) is 63.9 Å². The molecule has 1 fully saturated rings. The molecular weight excluding hydrogens is 1180 g/mol. The fourth-order valence-corrected chi connectivity index (χ4v) is 12.0. The molecular formula is C57H90N7O17P3S-4. The highest BCUT2D eigenvalue weighted by Gasteiger charge is 2.47. The highest BCUT2D eigenvalue weighted by atomic mass is 32.2. The Labute approximate surface area is 505 Å². The second-order valence-corrected chi connectivity index (χ2v) is 26.3. The maximum absolute atomic E-state index is 12.7. The van der Waals surface area contributed by atoms with E-state index in [4.69, 9.17) is 10.5 Å².